The first kappa shape index (κ1) is 10.5. The fraction of sp³-hybridized carbons (Fsp3) is 0.917. The van der Waals surface area contributed by atoms with Crippen LogP contribution in [-0.4, -0.2) is 58.6 Å². The number of rotatable bonds is 3. The Labute approximate surface area is 96.2 Å². The molecule has 0 bridgehead atoms. The molecule has 0 spiro atoms. The lowest BCUT2D eigenvalue weighted by Crippen LogP contribution is -2.55. The molecule has 1 saturated carbocycles. The van der Waals surface area contributed by atoms with Crippen LogP contribution in [0.4, 0.5) is 0 Å². The van der Waals surface area contributed by atoms with Gasteiger partial charge in [0.2, 0.25) is 0 Å². The number of carboxylic acid groups (broad SMARTS) is 1. The summed E-state index contributed by atoms with van der Waals surface area (Å²) < 4.78 is 0. The SMILES string of the molecule is CC1CC(N2CC(C(=O)O)C2)CN1C1CC1. The Balaban J connectivity index is 1.52. The van der Waals surface area contributed by atoms with Crippen molar-refractivity contribution in [2.75, 3.05) is 19.6 Å². The number of hydrogen-bond donors (Lipinski definition) is 1. The molecule has 1 N–H and O–H groups in total. The molecule has 0 amide bonds. The van der Waals surface area contributed by atoms with Crippen molar-refractivity contribution in [3.8, 4) is 0 Å². The van der Waals surface area contributed by atoms with Gasteiger partial charge < -0.3 is 5.11 Å². The van der Waals surface area contributed by atoms with E-state index < -0.39 is 5.97 Å². The van der Waals surface area contributed by atoms with E-state index in [1.165, 1.54) is 19.3 Å². The Morgan fingerprint density at radius 1 is 1.19 bits per heavy atom. The van der Waals surface area contributed by atoms with E-state index in [1.807, 2.05) is 0 Å². The van der Waals surface area contributed by atoms with Gasteiger partial charge in [-0.3, -0.25) is 14.6 Å². The van der Waals surface area contributed by atoms with Gasteiger partial charge in [-0.1, -0.05) is 0 Å². The van der Waals surface area contributed by atoms with Crippen LogP contribution in [0.3, 0.4) is 0 Å². The third-order valence-electron chi connectivity index (χ3n) is 4.39. The molecule has 2 aliphatic heterocycles. The Kier molecular flexibility index (Phi) is 2.44. The number of aliphatic carboxylic acids is 1. The summed E-state index contributed by atoms with van der Waals surface area (Å²) in [4.78, 5) is 15.7. The van der Waals surface area contributed by atoms with E-state index >= 15 is 0 Å². The molecule has 16 heavy (non-hydrogen) atoms. The van der Waals surface area contributed by atoms with Gasteiger partial charge in [-0.05, 0) is 26.2 Å². The lowest BCUT2D eigenvalue weighted by Gasteiger charge is -2.41. The molecule has 3 rings (SSSR count). The van der Waals surface area contributed by atoms with Crippen LogP contribution in [0.15, 0.2) is 0 Å². The van der Waals surface area contributed by atoms with E-state index in [-0.39, 0.29) is 5.92 Å². The van der Waals surface area contributed by atoms with Crippen LogP contribution >= 0.6 is 0 Å². The van der Waals surface area contributed by atoms with Crippen molar-refractivity contribution < 1.29 is 9.90 Å². The fourth-order valence-corrected chi connectivity index (χ4v) is 3.17. The molecular weight excluding hydrogens is 204 g/mol. The van der Waals surface area contributed by atoms with Crippen molar-refractivity contribution in [1.82, 2.24) is 9.80 Å². The monoisotopic (exact) mass is 224 g/mol. The summed E-state index contributed by atoms with van der Waals surface area (Å²) in [5.74, 6) is -0.730. The summed E-state index contributed by atoms with van der Waals surface area (Å²) in [5, 5.41) is 8.86. The Morgan fingerprint density at radius 2 is 1.88 bits per heavy atom. The van der Waals surface area contributed by atoms with Gasteiger partial charge in [-0.15, -0.1) is 0 Å². The van der Waals surface area contributed by atoms with Gasteiger partial charge in [0.15, 0.2) is 0 Å². The molecule has 4 nitrogen and oxygen atoms in total. The predicted molar refractivity (Wildman–Crippen MR) is 60.3 cm³/mol. The maximum Gasteiger partial charge on any atom is 0.309 e. The second-order valence-corrected chi connectivity index (χ2v) is 5.66. The highest BCUT2D eigenvalue weighted by Gasteiger charge is 2.44. The maximum absolute atomic E-state index is 10.8. The normalized spacial score (nSPS) is 37.6. The standard InChI is InChI=1S/C12H20N2O2/c1-8-4-11(7-14(8)10-2-3-10)13-5-9(6-13)12(15)16/h8-11H,2-7H2,1H3,(H,15,16). The molecule has 2 heterocycles. The highest BCUT2D eigenvalue weighted by atomic mass is 16.4. The fourth-order valence-electron chi connectivity index (χ4n) is 3.17. The average Bonchev–Trinajstić information content (AvgIpc) is 2.88. The molecule has 3 fully saturated rings. The third kappa shape index (κ3) is 1.74. The molecule has 2 unspecified atom stereocenters. The molecular formula is C12H20N2O2. The highest BCUT2D eigenvalue weighted by molar-refractivity contribution is 5.71. The van der Waals surface area contributed by atoms with Crippen LogP contribution in [-0.2, 0) is 4.79 Å². The number of hydrogen-bond acceptors (Lipinski definition) is 3. The van der Waals surface area contributed by atoms with Gasteiger partial charge in [0.1, 0.15) is 0 Å². The molecule has 1 aliphatic carbocycles. The van der Waals surface area contributed by atoms with Gasteiger partial charge >= 0.3 is 5.97 Å². The molecule has 90 valence electrons. The summed E-state index contributed by atoms with van der Waals surface area (Å²) in [6.07, 6.45) is 3.96. The van der Waals surface area contributed by atoms with Crippen LogP contribution < -0.4 is 0 Å². The number of nitrogens with zero attached hydrogens (tertiary/aromatic N) is 2. The van der Waals surface area contributed by atoms with Gasteiger partial charge in [0.25, 0.3) is 0 Å². The van der Waals surface area contributed by atoms with E-state index in [2.05, 4.69) is 16.7 Å². The average molecular weight is 224 g/mol. The van der Waals surface area contributed by atoms with Crippen LogP contribution in [0, 0.1) is 5.92 Å². The van der Waals surface area contributed by atoms with Crippen molar-refractivity contribution in [1.29, 1.82) is 0 Å². The summed E-state index contributed by atoms with van der Waals surface area (Å²) in [5.41, 5.74) is 0. The zero-order valence-electron chi connectivity index (χ0n) is 9.80. The van der Waals surface area contributed by atoms with Gasteiger partial charge in [-0.2, -0.15) is 0 Å². The lowest BCUT2D eigenvalue weighted by atomic mass is 9.97. The molecule has 4 heteroatoms. The van der Waals surface area contributed by atoms with Crippen molar-refractivity contribution in [2.24, 2.45) is 5.92 Å². The van der Waals surface area contributed by atoms with E-state index in [0.29, 0.717) is 12.1 Å². The predicted octanol–water partition coefficient (Wildman–Crippen LogP) is 0.628. The van der Waals surface area contributed by atoms with E-state index in [0.717, 1.165) is 25.7 Å². The number of carbonyl (C=O) groups is 1. The summed E-state index contributed by atoms with van der Waals surface area (Å²) >= 11 is 0. The molecule has 3 aliphatic rings. The zero-order chi connectivity index (χ0) is 11.3. The Morgan fingerprint density at radius 3 is 2.44 bits per heavy atom. The third-order valence-corrected chi connectivity index (χ3v) is 4.39. The van der Waals surface area contributed by atoms with Crippen LogP contribution in [0.25, 0.3) is 0 Å². The van der Waals surface area contributed by atoms with Gasteiger partial charge in [-0.25, -0.2) is 0 Å². The molecule has 0 aromatic heterocycles. The summed E-state index contributed by atoms with van der Waals surface area (Å²) in [6.45, 7) is 5.02. The minimum absolute atomic E-state index is 0.106. The summed E-state index contributed by atoms with van der Waals surface area (Å²) in [7, 11) is 0. The van der Waals surface area contributed by atoms with Crippen LogP contribution in [0.2, 0.25) is 0 Å². The molecule has 2 atom stereocenters. The van der Waals surface area contributed by atoms with Crippen molar-refractivity contribution >= 4 is 5.97 Å². The molecule has 0 radical (unpaired) electrons. The van der Waals surface area contributed by atoms with Gasteiger partial charge in [0, 0.05) is 37.8 Å². The maximum atomic E-state index is 10.8. The van der Waals surface area contributed by atoms with Crippen LogP contribution in [0.5, 0.6) is 0 Å². The topological polar surface area (TPSA) is 43.8 Å². The quantitative estimate of drug-likeness (QED) is 0.763. The van der Waals surface area contributed by atoms with Crippen molar-refractivity contribution in [2.45, 2.75) is 44.3 Å². The largest absolute Gasteiger partial charge is 0.481 e. The lowest BCUT2D eigenvalue weighted by molar-refractivity contribution is -0.148. The summed E-state index contributed by atoms with van der Waals surface area (Å²) in [6, 6.07) is 2.16. The minimum Gasteiger partial charge on any atom is -0.481 e. The molecule has 2 saturated heterocycles. The first-order valence-corrected chi connectivity index (χ1v) is 6.37. The van der Waals surface area contributed by atoms with E-state index in [1.54, 1.807) is 0 Å². The second-order valence-electron chi connectivity index (χ2n) is 5.66. The van der Waals surface area contributed by atoms with E-state index in [4.69, 9.17) is 5.11 Å². The zero-order valence-corrected chi connectivity index (χ0v) is 9.80. The number of carboxylic acids is 1. The second kappa shape index (κ2) is 3.70. The Bertz CT molecular complexity index is 297. The van der Waals surface area contributed by atoms with E-state index in [9.17, 15) is 4.79 Å². The first-order chi connectivity index (χ1) is 7.65. The molecule has 0 aromatic rings. The van der Waals surface area contributed by atoms with Crippen LogP contribution in [0.1, 0.15) is 26.2 Å². The smallest absolute Gasteiger partial charge is 0.309 e. The van der Waals surface area contributed by atoms with Gasteiger partial charge in [0.05, 0.1) is 5.92 Å². The first-order valence-electron chi connectivity index (χ1n) is 6.37. The highest BCUT2D eigenvalue weighted by Crippen LogP contribution is 2.36. The Hall–Kier alpha value is -0.610. The molecule has 0 aromatic carbocycles. The minimum atomic E-state index is -0.624. The van der Waals surface area contributed by atoms with Crippen molar-refractivity contribution in [3.63, 3.8) is 0 Å². The number of likely N-dealkylation sites (tertiary alicyclic amines) is 2. The van der Waals surface area contributed by atoms with Crippen molar-refractivity contribution in [3.05, 3.63) is 0 Å².